The van der Waals surface area contributed by atoms with Crippen LogP contribution in [0.3, 0.4) is 0 Å². The monoisotopic (exact) mass is 427 g/mol. The summed E-state index contributed by atoms with van der Waals surface area (Å²) in [7, 11) is 0. The van der Waals surface area contributed by atoms with E-state index in [-0.39, 0.29) is 59.9 Å². The molecule has 1 fully saturated rings. The van der Waals surface area contributed by atoms with E-state index >= 15 is 0 Å². The van der Waals surface area contributed by atoms with E-state index in [0.717, 1.165) is 18.3 Å². The van der Waals surface area contributed by atoms with Gasteiger partial charge in [0.1, 0.15) is 22.9 Å². The van der Waals surface area contributed by atoms with E-state index in [1.807, 2.05) is 0 Å². The molecule has 0 aliphatic carbocycles. The van der Waals surface area contributed by atoms with Gasteiger partial charge in [0.2, 0.25) is 0 Å². The summed E-state index contributed by atoms with van der Waals surface area (Å²) in [5.74, 6) is -4.21. The van der Waals surface area contributed by atoms with Crippen molar-refractivity contribution in [3.8, 4) is 5.75 Å². The zero-order chi connectivity index (χ0) is 20.9. The maximum Gasteiger partial charge on any atom is 1.00 e. The van der Waals surface area contributed by atoms with Crippen LogP contribution in [0.15, 0.2) is 29.2 Å². The number of nitrogens with zero attached hydrogens (tertiary/aromatic N) is 2. The van der Waals surface area contributed by atoms with Gasteiger partial charge in [-0.25, -0.2) is 8.78 Å². The molecule has 0 spiro atoms. The second-order valence-electron chi connectivity index (χ2n) is 6.97. The summed E-state index contributed by atoms with van der Waals surface area (Å²) in [6, 6.07) is 2.64. The van der Waals surface area contributed by atoms with E-state index in [1.54, 1.807) is 6.92 Å². The molecule has 0 saturated carbocycles. The number of fused-ring (bicyclic) bond motifs is 2. The van der Waals surface area contributed by atoms with Gasteiger partial charge in [0.25, 0.3) is 11.8 Å². The summed E-state index contributed by atoms with van der Waals surface area (Å²) < 4.78 is 33.5. The Bertz CT molecular complexity index is 1090. The maximum atomic E-state index is 13.7. The van der Waals surface area contributed by atoms with E-state index < -0.39 is 46.4 Å². The Morgan fingerprint density at radius 2 is 2.07 bits per heavy atom. The number of nitrogens with one attached hydrogen (secondary N) is 1. The van der Waals surface area contributed by atoms with E-state index in [1.165, 1.54) is 9.47 Å². The molecule has 0 radical (unpaired) electrons. The Hall–Kier alpha value is -2.27. The van der Waals surface area contributed by atoms with Crippen molar-refractivity contribution in [1.82, 2.24) is 14.8 Å². The quantitative estimate of drug-likeness (QED) is 0.539. The number of hydrogen-bond donors (Lipinski definition) is 1. The molecule has 3 heterocycles. The fourth-order valence-corrected chi connectivity index (χ4v) is 3.56. The number of pyridine rings is 1. The molecule has 1 saturated heterocycles. The molecule has 2 aliphatic rings. The number of halogens is 2. The van der Waals surface area contributed by atoms with Crippen LogP contribution in [-0.2, 0) is 17.8 Å². The fraction of sp³-hybridized carbons (Fsp3) is 0.316. The van der Waals surface area contributed by atoms with Crippen LogP contribution < -0.4 is 45.4 Å². The summed E-state index contributed by atoms with van der Waals surface area (Å²) in [6.45, 7) is 1.87. The molecule has 1 aromatic carbocycles. The van der Waals surface area contributed by atoms with E-state index in [4.69, 9.17) is 4.74 Å². The number of ether oxygens (including phenoxy) is 1. The minimum absolute atomic E-state index is 0. The van der Waals surface area contributed by atoms with Crippen LogP contribution in [0.2, 0.25) is 0 Å². The van der Waals surface area contributed by atoms with Crippen molar-refractivity contribution in [1.29, 1.82) is 0 Å². The van der Waals surface area contributed by atoms with Gasteiger partial charge in [-0.15, -0.1) is 0 Å². The topological polar surface area (TPSA) is 104 Å². The van der Waals surface area contributed by atoms with Crippen LogP contribution in [0.25, 0.3) is 0 Å². The second-order valence-corrected chi connectivity index (χ2v) is 6.97. The van der Waals surface area contributed by atoms with E-state index in [2.05, 4.69) is 5.32 Å². The summed E-state index contributed by atoms with van der Waals surface area (Å²) in [4.78, 5) is 38.9. The van der Waals surface area contributed by atoms with Gasteiger partial charge in [0.05, 0.1) is 19.2 Å². The normalized spacial score (nSPS) is 19.7. The SMILES string of the molecule is C[C@H]1CO[C@@H]2Cn3cc(C(=O)NCc4ccc(F)cc4F)c(=O)c([O-])c3C(=O)N12.[Na+]. The Kier molecular flexibility index (Phi) is 6.32. The molecule has 8 nitrogen and oxygen atoms in total. The first kappa shape index (κ1) is 22.4. The first-order chi connectivity index (χ1) is 13.8. The Labute approximate surface area is 191 Å². The zero-order valence-corrected chi connectivity index (χ0v) is 18.3. The Morgan fingerprint density at radius 1 is 1.33 bits per heavy atom. The van der Waals surface area contributed by atoms with Crippen LogP contribution in [0, 0.1) is 11.6 Å². The molecule has 152 valence electrons. The molecule has 0 bridgehead atoms. The molecular formula is C19H16F2N3NaO5. The molecular weight excluding hydrogens is 411 g/mol. The molecule has 2 aliphatic heterocycles. The molecule has 1 aromatic heterocycles. The third kappa shape index (κ3) is 3.76. The van der Waals surface area contributed by atoms with E-state index in [0.29, 0.717) is 12.7 Å². The number of carbonyl (C=O) groups is 2. The van der Waals surface area contributed by atoms with Crippen LogP contribution in [0.5, 0.6) is 5.75 Å². The standard InChI is InChI=1S/C19H17F2N3O5.Na/c1-9-8-29-14-7-23-6-12(16(25)17(26)15(23)19(28)24(9)14)18(27)22-5-10-2-3-11(20)4-13(10)21;/h2-4,6,9,14,26H,5,7-8H2,1H3,(H,22,27);/q;+1/p-1/t9-,14+;/m0./s1. The van der Waals surface area contributed by atoms with Gasteiger partial charge in [-0.1, -0.05) is 6.07 Å². The Balaban J connectivity index is 0.00000256. The van der Waals surface area contributed by atoms with Crippen molar-refractivity contribution in [2.75, 3.05) is 6.61 Å². The number of hydrogen-bond acceptors (Lipinski definition) is 5. The van der Waals surface area contributed by atoms with Crippen LogP contribution in [0.4, 0.5) is 8.78 Å². The third-order valence-electron chi connectivity index (χ3n) is 5.04. The van der Waals surface area contributed by atoms with Gasteiger partial charge < -0.3 is 24.6 Å². The fourth-order valence-electron chi connectivity index (χ4n) is 3.56. The smallest absolute Gasteiger partial charge is 0.868 e. The molecule has 2 aromatic rings. The van der Waals surface area contributed by atoms with Crippen molar-refractivity contribution in [2.45, 2.75) is 32.3 Å². The number of amides is 2. The molecule has 2 amide bonds. The van der Waals surface area contributed by atoms with Crippen molar-refractivity contribution in [3.63, 3.8) is 0 Å². The van der Waals surface area contributed by atoms with Crippen molar-refractivity contribution in [3.05, 3.63) is 63.1 Å². The molecule has 0 unspecified atom stereocenters. The third-order valence-corrected chi connectivity index (χ3v) is 5.04. The summed E-state index contributed by atoms with van der Waals surface area (Å²) in [6.07, 6.45) is 0.549. The maximum absolute atomic E-state index is 13.7. The summed E-state index contributed by atoms with van der Waals surface area (Å²) in [5, 5.41) is 14.8. The van der Waals surface area contributed by atoms with Crippen LogP contribution in [0.1, 0.15) is 33.3 Å². The first-order valence-electron chi connectivity index (χ1n) is 8.88. The van der Waals surface area contributed by atoms with Gasteiger partial charge >= 0.3 is 29.6 Å². The molecule has 4 rings (SSSR count). The average Bonchev–Trinajstić information content (AvgIpc) is 3.04. The van der Waals surface area contributed by atoms with E-state index in [9.17, 15) is 28.3 Å². The van der Waals surface area contributed by atoms with Gasteiger partial charge in [0.15, 0.2) is 11.7 Å². The molecule has 30 heavy (non-hydrogen) atoms. The largest absolute Gasteiger partial charge is 1.00 e. The van der Waals surface area contributed by atoms with Crippen molar-refractivity contribution < 1.29 is 57.8 Å². The molecule has 2 atom stereocenters. The number of carbonyl (C=O) groups excluding carboxylic acids is 2. The van der Waals surface area contributed by atoms with Gasteiger partial charge in [-0.2, -0.15) is 0 Å². The van der Waals surface area contributed by atoms with Crippen molar-refractivity contribution in [2.24, 2.45) is 0 Å². The van der Waals surface area contributed by atoms with Gasteiger partial charge in [-0.3, -0.25) is 14.4 Å². The first-order valence-corrected chi connectivity index (χ1v) is 8.88. The Morgan fingerprint density at radius 3 is 2.77 bits per heavy atom. The minimum Gasteiger partial charge on any atom is -0.868 e. The number of aromatic nitrogens is 1. The number of benzene rings is 1. The van der Waals surface area contributed by atoms with Crippen LogP contribution in [-0.4, -0.2) is 40.2 Å². The minimum atomic E-state index is -1.12. The summed E-state index contributed by atoms with van der Waals surface area (Å²) >= 11 is 0. The predicted octanol–water partition coefficient (Wildman–Crippen LogP) is -2.67. The predicted molar refractivity (Wildman–Crippen MR) is 93.0 cm³/mol. The van der Waals surface area contributed by atoms with Crippen LogP contribution >= 0.6 is 0 Å². The average molecular weight is 427 g/mol. The number of rotatable bonds is 3. The zero-order valence-electron chi connectivity index (χ0n) is 16.3. The van der Waals surface area contributed by atoms with Crippen molar-refractivity contribution >= 4 is 11.8 Å². The second kappa shape index (κ2) is 8.46. The summed E-state index contributed by atoms with van der Waals surface area (Å²) in [5.41, 5.74) is -1.88. The molecule has 1 N–H and O–H groups in total. The van der Waals surface area contributed by atoms with Gasteiger partial charge in [0, 0.05) is 24.4 Å². The molecule has 11 heteroatoms. The van der Waals surface area contributed by atoms with Gasteiger partial charge in [-0.05, 0) is 18.7 Å².